The van der Waals surface area contributed by atoms with Gasteiger partial charge in [0.15, 0.2) is 0 Å². The Balaban J connectivity index is 1.86. The van der Waals surface area contributed by atoms with Gasteiger partial charge >= 0.3 is 0 Å². The molecule has 148 valence electrons. The highest BCUT2D eigenvalue weighted by Gasteiger charge is 2.33. The van der Waals surface area contributed by atoms with Crippen LogP contribution in [-0.2, 0) is 10.0 Å². The van der Waals surface area contributed by atoms with Gasteiger partial charge in [-0.3, -0.25) is 4.68 Å². The number of nitrogens with zero attached hydrogens (tertiary/aromatic N) is 3. The van der Waals surface area contributed by atoms with Crippen LogP contribution in [0.5, 0.6) is 0 Å². The minimum atomic E-state index is -3.54. The van der Waals surface area contributed by atoms with Crippen LogP contribution in [0.15, 0.2) is 29.2 Å². The molecule has 0 bridgehead atoms. The first-order chi connectivity index (χ1) is 12.7. The van der Waals surface area contributed by atoms with Crippen LogP contribution in [0.1, 0.15) is 54.1 Å². The Kier molecular flexibility index (Phi) is 6.03. The van der Waals surface area contributed by atoms with E-state index in [4.69, 9.17) is 0 Å². The lowest BCUT2D eigenvalue weighted by atomic mass is 10.0. The largest absolute Gasteiger partial charge is 0.266 e. The molecule has 5 nitrogen and oxygen atoms in total. The third-order valence-corrected chi connectivity index (χ3v) is 8.64. The van der Waals surface area contributed by atoms with Gasteiger partial charge in [-0.05, 0) is 52.2 Å². The second kappa shape index (κ2) is 7.97. The highest BCUT2D eigenvalue weighted by Crippen LogP contribution is 2.37. The molecule has 7 heteroatoms. The highest BCUT2D eigenvalue weighted by atomic mass is 32.2. The summed E-state index contributed by atoms with van der Waals surface area (Å²) in [7, 11) is -3.54. The van der Waals surface area contributed by atoms with E-state index in [1.54, 1.807) is 11.2 Å². The molecule has 1 aliphatic rings. The van der Waals surface area contributed by atoms with Crippen molar-refractivity contribution in [2.45, 2.75) is 57.2 Å². The van der Waals surface area contributed by atoms with Crippen LogP contribution in [0.3, 0.4) is 0 Å². The SMILES string of the molecule is Cc1ccccc1C1CCN(S(=O)(=O)c2c(C)nn(C(C)C)c2C)CCS1. The molecule has 0 saturated carbocycles. The highest BCUT2D eigenvalue weighted by molar-refractivity contribution is 7.99. The molecule has 0 radical (unpaired) electrons. The van der Waals surface area contributed by atoms with Crippen molar-refractivity contribution in [3.63, 3.8) is 0 Å². The molecule has 0 N–H and O–H groups in total. The normalized spacial score (nSPS) is 19.4. The summed E-state index contributed by atoms with van der Waals surface area (Å²) < 4.78 is 30.2. The lowest BCUT2D eigenvalue weighted by molar-refractivity contribution is 0.427. The third-order valence-electron chi connectivity index (χ3n) is 5.18. The summed E-state index contributed by atoms with van der Waals surface area (Å²) in [4.78, 5) is 0.385. The molecular weight excluding hydrogens is 378 g/mol. The predicted molar refractivity (Wildman–Crippen MR) is 112 cm³/mol. The van der Waals surface area contributed by atoms with E-state index in [1.165, 1.54) is 11.1 Å². The summed E-state index contributed by atoms with van der Waals surface area (Å²) in [6.07, 6.45) is 0.825. The number of hydrogen-bond acceptors (Lipinski definition) is 4. The molecule has 2 heterocycles. The van der Waals surface area contributed by atoms with Gasteiger partial charge in [0.05, 0.1) is 11.4 Å². The Morgan fingerprint density at radius 2 is 1.85 bits per heavy atom. The van der Waals surface area contributed by atoms with Crippen LogP contribution in [0.4, 0.5) is 0 Å². The fraction of sp³-hybridized carbons (Fsp3) is 0.550. The van der Waals surface area contributed by atoms with E-state index in [-0.39, 0.29) is 6.04 Å². The summed E-state index contributed by atoms with van der Waals surface area (Å²) >= 11 is 1.86. The van der Waals surface area contributed by atoms with Gasteiger partial charge in [-0.15, -0.1) is 0 Å². The Labute approximate surface area is 167 Å². The smallest absolute Gasteiger partial charge is 0.246 e. The molecule has 0 aliphatic carbocycles. The summed E-state index contributed by atoms with van der Waals surface area (Å²) in [5.74, 6) is 0.800. The van der Waals surface area contributed by atoms with Gasteiger partial charge in [0.2, 0.25) is 10.0 Å². The molecule has 0 amide bonds. The molecule has 1 fully saturated rings. The van der Waals surface area contributed by atoms with E-state index in [1.807, 2.05) is 37.2 Å². The van der Waals surface area contributed by atoms with Gasteiger partial charge in [-0.25, -0.2) is 8.42 Å². The Hall–Kier alpha value is -1.31. The van der Waals surface area contributed by atoms with Gasteiger partial charge < -0.3 is 0 Å². The molecule has 0 spiro atoms. The van der Waals surface area contributed by atoms with Crippen molar-refractivity contribution in [1.29, 1.82) is 0 Å². The van der Waals surface area contributed by atoms with Crippen LogP contribution in [0.25, 0.3) is 0 Å². The molecule has 1 atom stereocenters. The van der Waals surface area contributed by atoms with Crippen molar-refractivity contribution in [2.75, 3.05) is 18.8 Å². The standard InChI is InChI=1S/C20H29N3O2S2/c1-14(2)23-17(5)20(16(4)21-23)27(24,25)22-11-10-19(26-13-12-22)18-9-7-6-8-15(18)3/h6-9,14,19H,10-13H2,1-5H3. The molecule has 1 saturated heterocycles. The zero-order valence-corrected chi connectivity index (χ0v) is 18.4. The average molecular weight is 408 g/mol. The van der Waals surface area contributed by atoms with E-state index < -0.39 is 10.0 Å². The molecule has 1 aromatic carbocycles. The summed E-state index contributed by atoms with van der Waals surface area (Å²) in [5.41, 5.74) is 3.92. The number of sulfonamides is 1. The van der Waals surface area contributed by atoms with Gasteiger partial charge in [0.25, 0.3) is 0 Å². The van der Waals surface area contributed by atoms with Crippen molar-refractivity contribution in [3.8, 4) is 0 Å². The van der Waals surface area contributed by atoms with Crippen molar-refractivity contribution < 1.29 is 8.42 Å². The van der Waals surface area contributed by atoms with Gasteiger partial charge in [-0.1, -0.05) is 24.3 Å². The fourth-order valence-corrected chi connectivity index (χ4v) is 7.10. The summed E-state index contributed by atoms with van der Waals surface area (Å²) in [6.45, 7) is 10.9. The Bertz CT molecular complexity index is 919. The second-order valence-corrected chi connectivity index (χ2v) is 10.6. The quantitative estimate of drug-likeness (QED) is 0.760. The zero-order valence-electron chi connectivity index (χ0n) is 16.8. The van der Waals surface area contributed by atoms with Crippen molar-refractivity contribution in [2.24, 2.45) is 0 Å². The van der Waals surface area contributed by atoms with Gasteiger partial charge in [0, 0.05) is 30.1 Å². The number of thioether (sulfide) groups is 1. The first-order valence-corrected chi connectivity index (χ1v) is 12.0. The maximum absolute atomic E-state index is 13.4. The van der Waals surface area contributed by atoms with Crippen LogP contribution in [0.2, 0.25) is 0 Å². The molecule has 27 heavy (non-hydrogen) atoms. The number of aromatic nitrogens is 2. The Morgan fingerprint density at radius 1 is 1.15 bits per heavy atom. The van der Waals surface area contributed by atoms with Crippen molar-refractivity contribution >= 4 is 21.8 Å². The number of hydrogen-bond donors (Lipinski definition) is 0. The fourth-order valence-electron chi connectivity index (χ4n) is 3.84. The van der Waals surface area contributed by atoms with E-state index in [2.05, 4.69) is 36.3 Å². The van der Waals surface area contributed by atoms with E-state index >= 15 is 0 Å². The van der Waals surface area contributed by atoms with Crippen LogP contribution >= 0.6 is 11.8 Å². The summed E-state index contributed by atoms with van der Waals surface area (Å²) in [5, 5.41) is 4.81. The predicted octanol–water partition coefficient (Wildman–Crippen LogP) is 4.26. The van der Waals surface area contributed by atoms with Crippen LogP contribution in [0, 0.1) is 20.8 Å². The molecule has 3 rings (SSSR count). The van der Waals surface area contributed by atoms with E-state index in [0.29, 0.717) is 28.9 Å². The minimum Gasteiger partial charge on any atom is -0.266 e. The third kappa shape index (κ3) is 3.96. The van der Waals surface area contributed by atoms with E-state index in [0.717, 1.165) is 17.9 Å². The lowest BCUT2D eigenvalue weighted by Gasteiger charge is -2.21. The first kappa shape index (κ1) is 20.4. The molecule has 1 aromatic heterocycles. The monoisotopic (exact) mass is 407 g/mol. The van der Waals surface area contributed by atoms with E-state index in [9.17, 15) is 8.42 Å². The first-order valence-electron chi connectivity index (χ1n) is 9.46. The second-order valence-electron chi connectivity index (χ2n) is 7.45. The number of rotatable bonds is 4. The van der Waals surface area contributed by atoms with Gasteiger partial charge in [-0.2, -0.15) is 21.2 Å². The summed E-state index contributed by atoms with van der Waals surface area (Å²) in [6, 6.07) is 8.54. The van der Waals surface area contributed by atoms with Crippen molar-refractivity contribution in [1.82, 2.24) is 14.1 Å². The topological polar surface area (TPSA) is 55.2 Å². The van der Waals surface area contributed by atoms with Crippen LogP contribution < -0.4 is 0 Å². The number of aryl methyl sites for hydroxylation is 2. The Morgan fingerprint density at radius 3 is 2.48 bits per heavy atom. The number of benzene rings is 1. The lowest BCUT2D eigenvalue weighted by Crippen LogP contribution is -2.33. The molecule has 1 aliphatic heterocycles. The van der Waals surface area contributed by atoms with Crippen molar-refractivity contribution in [3.05, 3.63) is 46.8 Å². The van der Waals surface area contributed by atoms with Crippen LogP contribution in [-0.4, -0.2) is 41.3 Å². The maximum Gasteiger partial charge on any atom is 0.246 e. The van der Waals surface area contributed by atoms with Gasteiger partial charge in [0.1, 0.15) is 4.90 Å². The molecule has 1 unspecified atom stereocenters. The molecule has 2 aromatic rings. The maximum atomic E-state index is 13.4. The average Bonchev–Trinajstić information content (AvgIpc) is 2.78. The molecular formula is C20H29N3O2S2. The zero-order chi connectivity index (χ0) is 19.8. The minimum absolute atomic E-state index is 0.137.